The van der Waals surface area contributed by atoms with E-state index in [2.05, 4.69) is 26.6 Å². The Morgan fingerprint density at radius 2 is 1.50 bits per heavy atom. The molecular formula is C27H23BrN2O3S. The number of benzene rings is 4. The first-order valence-corrected chi connectivity index (χ1v) is 12.9. The molecule has 0 saturated carbocycles. The molecule has 0 aliphatic carbocycles. The highest BCUT2D eigenvalue weighted by atomic mass is 79.9. The molecule has 2 N–H and O–H groups in total. The second-order valence-electron chi connectivity index (χ2n) is 7.77. The zero-order chi connectivity index (χ0) is 24.1. The van der Waals surface area contributed by atoms with Crippen LogP contribution in [0.25, 0.3) is 11.1 Å². The largest absolute Gasteiger partial charge is 0.375 e. The maximum Gasteiger partial charge on any atom is 0.243 e. The first-order chi connectivity index (χ1) is 16.3. The molecule has 1 amide bonds. The highest BCUT2D eigenvalue weighted by molar-refractivity contribution is 9.10. The predicted molar refractivity (Wildman–Crippen MR) is 140 cm³/mol. The molecule has 0 bridgehead atoms. The Balaban J connectivity index is 1.54. The van der Waals surface area contributed by atoms with Crippen LogP contribution in [0.15, 0.2) is 111 Å². The van der Waals surface area contributed by atoms with Gasteiger partial charge in [0.05, 0.1) is 22.0 Å². The van der Waals surface area contributed by atoms with Gasteiger partial charge in [0.2, 0.25) is 15.7 Å². The minimum Gasteiger partial charge on any atom is -0.375 e. The number of sulfone groups is 1. The molecule has 34 heavy (non-hydrogen) atoms. The quantitative estimate of drug-likeness (QED) is 0.291. The summed E-state index contributed by atoms with van der Waals surface area (Å²) in [4.78, 5) is 13.1. The molecule has 0 aromatic heterocycles. The summed E-state index contributed by atoms with van der Waals surface area (Å²) < 4.78 is 27.2. The van der Waals surface area contributed by atoms with Gasteiger partial charge in [0.1, 0.15) is 0 Å². The normalized spacial score (nSPS) is 11.1. The van der Waals surface area contributed by atoms with E-state index in [4.69, 9.17) is 0 Å². The van der Waals surface area contributed by atoms with E-state index >= 15 is 0 Å². The number of aryl methyl sites for hydroxylation is 1. The topological polar surface area (TPSA) is 75.3 Å². The predicted octanol–water partition coefficient (Wildman–Crippen LogP) is 6.31. The summed E-state index contributed by atoms with van der Waals surface area (Å²) >= 11 is 3.36. The lowest BCUT2D eigenvalue weighted by Gasteiger charge is -2.15. The van der Waals surface area contributed by atoms with Crippen LogP contribution in [0.4, 0.5) is 11.4 Å². The molecule has 5 nitrogen and oxygen atoms in total. The Morgan fingerprint density at radius 3 is 2.24 bits per heavy atom. The molecule has 0 saturated heterocycles. The maximum atomic E-state index is 13.3. The molecule has 0 spiro atoms. The zero-order valence-corrected chi connectivity index (χ0v) is 20.9. The van der Waals surface area contributed by atoms with Gasteiger partial charge in [0, 0.05) is 15.7 Å². The van der Waals surface area contributed by atoms with E-state index in [0.717, 1.165) is 16.7 Å². The zero-order valence-electron chi connectivity index (χ0n) is 18.5. The first-order valence-electron chi connectivity index (χ1n) is 10.6. The van der Waals surface area contributed by atoms with Gasteiger partial charge in [-0.3, -0.25) is 4.79 Å². The number of hydrogen-bond donors (Lipinski definition) is 2. The van der Waals surface area contributed by atoms with E-state index in [1.165, 1.54) is 0 Å². The van der Waals surface area contributed by atoms with Gasteiger partial charge in [-0.1, -0.05) is 82.2 Å². The van der Waals surface area contributed by atoms with Crippen LogP contribution in [-0.2, 0) is 14.6 Å². The summed E-state index contributed by atoms with van der Waals surface area (Å²) in [6.45, 7) is 1.80. The summed E-state index contributed by atoms with van der Waals surface area (Å²) in [7, 11) is -3.78. The van der Waals surface area contributed by atoms with E-state index in [1.54, 1.807) is 42.5 Å². The molecule has 7 heteroatoms. The van der Waals surface area contributed by atoms with Crippen LogP contribution >= 0.6 is 15.9 Å². The smallest absolute Gasteiger partial charge is 0.243 e. The van der Waals surface area contributed by atoms with Crippen molar-refractivity contribution in [3.05, 3.63) is 107 Å². The molecule has 0 aliphatic heterocycles. The van der Waals surface area contributed by atoms with Crippen molar-refractivity contribution in [2.24, 2.45) is 0 Å². The third-order valence-electron chi connectivity index (χ3n) is 5.29. The molecule has 4 aromatic rings. The van der Waals surface area contributed by atoms with Crippen LogP contribution in [0.2, 0.25) is 0 Å². The highest BCUT2D eigenvalue weighted by Gasteiger charge is 2.22. The number of para-hydroxylation sites is 1. The van der Waals surface area contributed by atoms with Gasteiger partial charge >= 0.3 is 0 Å². The van der Waals surface area contributed by atoms with Crippen LogP contribution in [0, 0.1) is 6.92 Å². The fraction of sp³-hybridized carbons (Fsp3) is 0.0741. The van der Waals surface area contributed by atoms with E-state index < -0.39 is 9.84 Å². The second-order valence-corrected chi connectivity index (χ2v) is 10.6. The van der Waals surface area contributed by atoms with Crippen molar-refractivity contribution < 1.29 is 13.2 Å². The minimum atomic E-state index is -3.78. The molecule has 172 valence electrons. The third-order valence-corrected chi connectivity index (χ3v) is 7.59. The fourth-order valence-corrected chi connectivity index (χ4v) is 5.51. The van der Waals surface area contributed by atoms with Gasteiger partial charge in [-0.25, -0.2) is 8.42 Å². The number of carbonyl (C=O) groups is 1. The molecule has 0 atom stereocenters. The van der Waals surface area contributed by atoms with Crippen molar-refractivity contribution in [3.63, 3.8) is 0 Å². The van der Waals surface area contributed by atoms with Crippen LogP contribution < -0.4 is 10.6 Å². The van der Waals surface area contributed by atoms with E-state index in [-0.39, 0.29) is 22.2 Å². The van der Waals surface area contributed by atoms with E-state index in [0.29, 0.717) is 15.8 Å². The molecule has 0 unspecified atom stereocenters. The molecule has 4 rings (SSSR count). The van der Waals surface area contributed by atoms with Gasteiger partial charge in [0.25, 0.3) is 0 Å². The molecule has 0 radical (unpaired) electrons. The lowest BCUT2D eigenvalue weighted by Crippen LogP contribution is -2.23. The average molecular weight is 535 g/mol. The van der Waals surface area contributed by atoms with Crippen molar-refractivity contribution >= 4 is 43.0 Å². The monoisotopic (exact) mass is 534 g/mol. The Morgan fingerprint density at radius 1 is 0.824 bits per heavy atom. The van der Waals surface area contributed by atoms with Crippen molar-refractivity contribution in [1.29, 1.82) is 0 Å². The highest BCUT2D eigenvalue weighted by Crippen LogP contribution is 2.31. The molecule has 4 aromatic carbocycles. The SMILES string of the molecule is Cc1ccc(S(=O)(=O)c2cc(Br)ccc2NCC(=O)Nc2ccccc2-c2ccccc2)cc1. The standard InChI is InChI=1S/C27H23BrN2O3S/c1-19-11-14-22(15-12-19)34(32,33)26-17-21(28)13-16-25(26)29-18-27(31)30-24-10-6-5-9-23(24)20-7-3-2-4-8-20/h2-17,29H,18H2,1H3,(H,30,31). The number of carbonyl (C=O) groups excluding carboxylic acids is 1. The molecule has 0 aliphatic rings. The van der Waals surface area contributed by atoms with Crippen molar-refractivity contribution in [2.45, 2.75) is 16.7 Å². The summed E-state index contributed by atoms with van der Waals surface area (Å²) in [6.07, 6.45) is 0. The number of hydrogen-bond acceptors (Lipinski definition) is 4. The first kappa shape index (κ1) is 23.7. The Bertz CT molecular complexity index is 1420. The van der Waals surface area contributed by atoms with Crippen LogP contribution in [-0.4, -0.2) is 20.9 Å². The average Bonchev–Trinajstić information content (AvgIpc) is 2.84. The fourth-order valence-electron chi connectivity index (χ4n) is 3.54. The minimum absolute atomic E-state index is 0.0961. The summed E-state index contributed by atoms with van der Waals surface area (Å²) in [6, 6.07) is 29.0. The van der Waals surface area contributed by atoms with Gasteiger partial charge in [-0.05, 0) is 48.9 Å². The van der Waals surface area contributed by atoms with E-state index in [9.17, 15) is 13.2 Å². The Kier molecular flexibility index (Phi) is 7.14. The lowest BCUT2D eigenvalue weighted by atomic mass is 10.0. The molecular weight excluding hydrogens is 512 g/mol. The van der Waals surface area contributed by atoms with Crippen molar-refractivity contribution in [1.82, 2.24) is 0 Å². The summed E-state index contributed by atoms with van der Waals surface area (Å²) in [5.74, 6) is -0.287. The maximum absolute atomic E-state index is 13.3. The summed E-state index contributed by atoms with van der Waals surface area (Å²) in [5, 5.41) is 5.92. The van der Waals surface area contributed by atoms with Gasteiger partial charge in [-0.15, -0.1) is 0 Å². The van der Waals surface area contributed by atoms with Gasteiger partial charge < -0.3 is 10.6 Å². The number of nitrogens with one attached hydrogen (secondary N) is 2. The second kappa shape index (κ2) is 10.2. The lowest BCUT2D eigenvalue weighted by molar-refractivity contribution is -0.114. The number of halogens is 1. The van der Waals surface area contributed by atoms with Crippen LogP contribution in [0.5, 0.6) is 0 Å². The van der Waals surface area contributed by atoms with Crippen molar-refractivity contribution in [3.8, 4) is 11.1 Å². The Labute approximate surface area is 207 Å². The third kappa shape index (κ3) is 5.38. The molecule has 0 fully saturated rings. The van der Waals surface area contributed by atoms with Crippen LogP contribution in [0.1, 0.15) is 5.56 Å². The number of anilines is 2. The number of rotatable bonds is 7. The number of amides is 1. The summed E-state index contributed by atoms with van der Waals surface area (Å²) in [5.41, 5.74) is 3.91. The van der Waals surface area contributed by atoms with Gasteiger partial charge in [-0.2, -0.15) is 0 Å². The van der Waals surface area contributed by atoms with Crippen molar-refractivity contribution in [2.75, 3.05) is 17.2 Å². The van der Waals surface area contributed by atoms with Gasteiger partial charge in [0.15, 0.2) is 0 Å². The van der Waals surface area contributed by atoms with E-state index in [1.807, 2.05) is 61.5 Å². The van der Waals surface area contributed by atoms with Crippen LogP contribution in [0.3, 0.4) is 0 Å². The molecule has 0 heterocycles. The Hall–Kier alpha value is -3.42.